The number of aliphatic carboxylic acids is 1. The fraction of sp³-hybridized carbons (Fsp3) is 0.917. The van der Waals surface area contributed by atoms with Gasteiger partial charge in [0.25, 0.3) is 0 Å². The zero-order valence-corrected chi connectivity index (χ0v) is 10.4. The van der Waals surface area contributed by atoms with Gasteiger partial charge in [0.2, 0.25) is 0 Å². The summed E-state index contributed by atoms with van der Waals surface area (Å²) < 4.78 is 0. The second-order valence-corrected chi connectivity index (χ2v) is 4.81. The van der Waals surface area contributed by atoms with Gasteiger partial charge in [-0.25, -0.2) is 0 Å². The summed E-state index contributed by atoms with van der Waals surface area (Å²) in [5.74, 6) is -0.936. The number of unbranched alkanes of at least 4 members (excludes halogenated alkanes) is 2. The molecule has 1 aliphatic rings. The summed E-state index contributed by atoms with van der Waals surface area (Å²) in [6.45, 7) is 7.60. The Hall–Kier alpha value is -0.610. The van der Waals surface area contributed by atoms with E-state index in [1.54, 1.807) is 0 Å². The van der Waals surface area contributed by atoms with E-state index in [9.17, 15) is 4.79 Å². The van der Waals surface area contributed by atoms with Crippen LogP contribution in [0.4, 0.5) is 0 Å². The van der Waals surface area contributed by atoms with Crippen LogP contribution in [0.25, 0.3) is 0 Å². The Bertz CT molecular complexity index is 221. The van der Waals surface area contributed by atoms with E-state index in [1.165, 1.54) is 19.3 Å². The molecule has 1 saturated heterocycles. The van der Waals surface area contributed by atoms with Gasteiger partial charge in [-0.05, 0) is 19.9 Å². The van der Waals surface area contributed by atoms with Crippen LogP contribution < -0.4 is 5.32 Å². The van der Waals surface area contributed by atoms with Gasteiger partial charge in [-0.2, -0.15) is 0 Å². The first-order valence-corrected chi connectivity index (χ1v) is 6.32. The van der Waals surface area contributed by atoms with Crippen molar-refractivity contribution in [1.29, 1.82) is 0 Å². The Labute approximate surface area is 98.0 Å². The van der Waals surface area contributed by atoms with E-state index in [0.29, 0.717) is 19.1 Å². The van der Waals surface area contributed by atoms with Crippen LogP contribution in [0.2, 0.25) is 0 Å². The van der Waals surface area contributed by atoms with Crippen molar-refractivity contribution >= 4 is 5.97 Å². The highest BCUT2D eigenvalue weighted by Crippen LogP contribution is 2.08. The topological polar surface area (TPSA) is 52.6 Å². The molecule has 2 unspecified atom stereocenters. The number of nitrogens with one attached hydrogen (secondary N) is 1. The SMILES string of the molecule is CCCCCN1CC(C)NCC(C(=O)O)C1. The van der Waals surface area contributed by atoms with Gasteiger partial charge in [-0.3, -0.25) is 4.79 Å². The third-order valence-electron chi connectivity index (χ3n) is 3.15. The van der Waals surface area contributed by atoms with Crippen molar-refractivity contribution in [2.24, 2.45) is 5.92 Å². The summed E-state index contributed by atoms with van der Waals surface area (Å²) in [4.78, 5) is 13.3. The highest BCUT2D eigenvalue weighted by Gasteiger charge is 2.25. The summed E-state index contributed by atoms with van der Waals surface area (Å²) >= 11 is 0. The number of hydrogen-bond acceptors (Lipinski definition) is 3. The van der Waals surface area contributed by atoms with Gasteiger partial charge in [0.15, 0.2) is 0 Å². The molecule has 0 radical (unpaired) electrons. The maximum absolute atomic E-state index is 11.0. The van der Waals surface area contributed by atoms with Gasteiger partial charge in [-0.1, -0.05) is 19.8 Å². The molecule has 1 fully saturated rings. The Morgan fingerprint density at radius 3 is 2.81 bits per heavy atom. The molecule has 2 atom stereocenters. The van der Waals surface area contributed by atoms with Gasteiger partial charge < -0.3 is 15.3 Å². The maximum atomic E-state index is 11.0. The van der Waals surface area contributed by atoms with E-state index in [4.69, 9.17) is 5.11 Å². The molecule has 1 heterocycles. The van der Waals surface area contributed by atoms with Crippen LogP contribution in [0.15, 0.2) is 0 Å². The number of carboxylic acids is 1. The van der Waals surface area contributed by atoms with E-state index in [2.05, 4.69) is 24.1 Å². The Morgan fingerprint density at radius 2 is 2.19 bits per heavy atom. The lowest BCUT2D eigenvalue weighted by molar-refractivity contribution is -0.141. The molecule has 0 saturated carbocycles. The lowest BCUT2D eigenvalue weighted by Crippen LogP contribution is -2.36. The third kappa shape index (κ3) is 4.49. The first-order chi connectivity index (χ1) is 7.63. The standard InChI is InChI=1S/C12H24N2O2/c1-3-4-5-6-14-8-10(2)13-7-11(9-14)12(15)16/h10-11,13H,3-9H2,1-2H3,(H,15,16). The van der Waals surface area contributed by atoms with Crippen molar-refractivity contribution in [3.63, 3.8) is 0 Å². The van der Waals surface area contributed by atoms with Crippen LogP contribution in [0.1, 0.15) is 33.1 Å². The normalized spacial score (nSPS) is 27.6. The molecule has 0 bridgehead atoms. The highest BCUT2D eigenvalue weighted by atomic mass is 16.4. The number of carboxylic acid groups (broad SMARTS) is 1. The fourth-order valence-electron chi connectivity index (χ4n) is 2.18. The van der Waals surface area contributed by atoms with E-state index in [1.807, 2.05) is 0 Å². The Kier molecular flexibility index (Phi) is 5.77. The van der Waals surface area contributed by atoms with Gasteiger partial charge in [-0.15, -0.1) is 0 Å². The molecular weight excluding hydrogens is 204 g/mol. The van der Waals surface area contributed by atoms with E-state index < -0.39 is 5.97 Å². The number of nitrogens with zero attached hydrogens (tertiary/aromatic N) is 1. The monoisotopic (exact) mass is 228 g/mol. The second kappa shape index (κ2) is 6.86. The molecule has 94 valence electrons. The van der Waals surface area contributed by atoms with Crippen molar-refractivity contribution in [2.45, 2.75) is 39.2 Å². The lowest BCUT2D eigenvalue weighted by atomic mass is 10.1. The largest absolute Gasteiger partial charge is 0.481 e. The maximum Gasteiger partial charge on any atom is 0.309 e. The number of rotatable bonds is 5. The van der Waals surface area contributed by atoms with Crippen LogP contribution in [-0.2, 0) is 4.79 Å². The molecule has 1 aliphatic heterocycles. The van der Waals surface area contributed by atoms with Crippen molar-refractivity contribution in [3.05, 3.63) is 0 Å². The van der Waals surface area contributed by atoms with Crippen molar-refractivity contribution in [3.8, 4) is 0 Å². The number of hydrogen-bond donors (Lipinski definition) is 2. The third-order valence-corrected chi connectivity index (χ3v) is 3.15. The average Bonchev–Trinajstić information content (AvgIpc) is 2.41. The van der Waals surface area contributed by atoms with Crippen molar-refractivity contribution < 1.29 is 9.90 Å². The lowest BCUT2D eigenvalue weighted by Gasteiger charge is -2.23. The average molecular weight is 228 g/mol. The Balaban J connectivity index is 2.43. The van der Waals surface area contributed by atoms with Gasteiger partial charge in [0.05, 0.1) is 5.92 Å². The molecule has 0 aromatic heterocycles. The fourth-order valence-corrected chi connectivity index (χ4v) is 2.18. The van der Waals surface area contributed by atoms with Crippen LogP contribution in [0.3, 0.4) is 0 Å². The van der Waals surface area contributed by atoms with E-state index in [-0.39, 0.29) is 5.92 Å². The quantitative estimate of drug-likeness (QED) is 0.694. The van der Waals surface area contributed by atoms with Crippen LogP contribution in [0, 0.1) is 5.92 Å². The molecule has 4 heteroatoms. The molecule has 16 heavy (non-hydrogen) atoms. The summed E-state index contributed by atoms with van der Waals surface area (Å²) in [6, 6.07) is 0.394. The number of carbonyl (C=O) groups is 1. The molecule has 2 N–H and O–H groups in total. The smallest absolute Gasteiger partial charge is 0.309 e. The molecule has 0 amide bonds. The predicted octanol–water partition coefficient (Wildman–Crippen LogP) is 1.17. The van der Waals surface area contributed by atoms with Crippen LogP contribution in [-0.4, -0.2) is 48.2 Å². The summed E-state index contributed by atoms with van der Waals surface area (Å²) in [5.41, 5.74) is 0. The zero-order chi connectivity index (χ0) is 12.0. The zero-order valence-electron chi connectivity index (χ0n) is 10.4. The molecular formula is C12H24N2O2. The first-order valence-electron chi connectivity index (χ1n) is 6.32. The second-order valence-electron chi connectivity index (χ2n) is 4.81. The van der Waals surface area contributed by atoms with Gasteiger partial charge >= 0.3 is 5.97 Å². The van der Waals surface area contributed by atoms with Gasteiger partial charge in [0.1, 0.15) is 0 Å². The van der Waals surface area contributed by atoms with E-state index >= 15 is 0 Å². The first kappa shape index (κ1) is 13.5. The molecule has 0 aliphatic carbocycles. The summed E-state index contributed by atoms with van der Waals surface area (Å²) in [5, 5.41) is 12.3. The summed E-state index contributed by atoms with van der Waals surface area (Å²) in [6.07, 6.45) is 3.62. The Morgan fingerprint density at radius 1 is 1.44 bits per heavy atom. The van der Waals surface area contributed by atoms with E-state index in [0.717, 1.165) is 13.1 Å². The molecule has 1 rings (SSSR count). The van der Waals surface area contributed by atoms with Crippen molar-refractivity contribution in [1.82, 2.24) is 10.2 Å². The summed E-state index contributed by atoms with van der Waals surface area (Å²) in [7, 11) is 0. The van der Waals surface area contributed by atoms with Gasteiger partial charge in [0, 0.05) is 25.7 Å². The van der Waals surface area contributed by atoms with Crippen LogP contribution >= 0.6 is 0 Å². The van der Waals surface area contributed by atoms with Crippen LogP contribution in [0.5, 0.6) is 0 Å². The predicted molar refractivity (Wildman–Crippen MR) is 64.6 cm³/mol. The molecule has 0 aromatic rings. The minimum atomic E-state index is -0.679. The minimum absolute atomic E-state index is 0.258. The molecule has 0 spiro atoms. The highest BCUT2D eigenvalue weighted by molar-refractivity contribution is 5.70. The molecule has 4 nitrogen and oxygen atoms in total. The van der Waals surface area contributed by atoms with Crippen molar-refractivity contribution in [2.75, 3.05) is 26.2 Å². The minimum Gasteiger partial charge on any atom is -0.481 e. The molecule has 0 aromatic carbocycles.